The third-order valence-electron chi connectivity index (χ3n) is 5.14. The van der Waals surface area contributed by atoms with Crippen molar-refractivity contribution >= 4 is 5.91 Å². The summed E-state index contributed by atoms with van der Waals surface area (Å²) in [4.78, 5) is 19.5. The minimum absolute atomic E-state index is 0.141. The molecule has 1 N–H and O–H groups in total. The fourth-order valence-electron chi connectivity index (χ4n) is 3.82. The molecule has 0 spiro atoms. The van der Waals surface area contributed by atoms with E-state index in [0.29, 0.717) is 19.6 Å². The second-order valence-corrected chi connectivity index (χ2v) is 7.60. The molecule has 5 nitrogen and oxygen atoms in total. The van der Waals surface area contributed by atoms with Crippen LogP contribution < -0.4 is 10.1 Å². The SMILES string of the molecule is Cc1cc(C)cc(OCCC(=O)N(Cc2ccccn2)C2CCCNCC2)c1. The highest BCUT2D eigenvalue weighted by atomic mass is 16.5. The van der Waals surface area contributed by atoms with Gasteiger partial charge in [0.25, 0.3) is 0 Å². The van der Waals surface area contributed by atoms with Crippen molar-refractivity contribution in [1.82, 2.24) is 15.2 Å². The van der Waals surface area contributed by atoms with Crippen LogP contribution in [0.2, 0.25) is 0 Å². The van der Waals surface area contributed by atoms with Crippen LogP contribution in [0.3, 0.4) is 0 Å². The molecule has 1 aliphatic rings. The Morgan fingerprint density at radius 1 is 1.18 bits per heavy atom. The molecule has 1 saturated heterocycles. The van der Waals surface area contributed by atoms with Crippen LogP contribution in [0.5, 0.6) is 5.75 Å². The van der Waals surface area contributed by atoms with Crippen LogP contribution in [0.15, 0.2) is 42.6 Å². The van der Waals surface area contributed by atoms with Crippen LogP contribution in [0, 0.1) is 13.8 Å². The summed E-state index contributed by atoms with van der Waals surface area (Å²) < 4.78 is 5.88. The van der Waals surface area contributed by atoms with E-state index in [1.165, 1.54) is 11.1 Å². The fraction of sp³-hybridized carbons (Fsp3) is 0.478. The van der Waals surface area contributed by atoms with Crippen molar-refractivity contribution in [3.8, 4) is 5.75 Å². The Hall–Kier alpha value is -2.40. The number of hydrogen-bond donors (Lipinski definition) is 1. The molecule has 0 aliphatic carbocycles. The molecule has 2 aromatic rings. The van der Waals surface area contributed by atoms with Gasteiger partial charge >= 0.3 is 0 Å². The number of nitrogens with one attached hydrogen (secondary N) is 1. The van der Waals surface area contributed by atoms with Crippen molar-refractivity contribution in [1.29, 1.82) is 0 Å². The molecule has 0 bridgehead atoms. The van der Waals surface area contributed by atoms with Crippen molar-refractivity contribution in [2.24, 2.45) is 0 Å². The van der Waals surface area contributed by atoms with Crippen LogP contribution in [-0.2, 0) is 11.3 Å². The molecule has 1 atom stereocenters. The van der Waals surface area contributed by atoms with Crippen LogP contribution >= 0.6 is 0 Å². The van der Waals surface area contributed by atoms with Gasteiger partial charge in [0.2, 0.25) is 5.91 Å². The highest BCUT2D eigenvalue weighted by molar-refractivity contribution is 5.76. The maximum atomic E-state index is 13.1. The fourth-order valence-corrected chi connectivity index (χ4v) is 3.82. The quantitative estimate of drug-likeness (QED) is 0.796. The summed E-state index contributed by atoms with van der Waals surface area (Å²) in [7, 11) is 0. The van der Waals surface area contributed by atoms with Gasteiger partial charge in [-0.25, -0.2) is 0 Å². The molecule has 0 radical (unpaired) electrons. The molecule has 1 unspecified atom stereocenters. The minimum Gasteiger partial charge on any atom is -0.493 e. The zero-order valence-electron chi connectivity index (χ0n) is 17.0. The van der Waals surface area contributed by atoms with Crippen LogP contribution in [0.1, 0.15) is 42.5 Å². The van der Waals surface area contributed by atoms with Crippen LogP contribution in [-0.4, -0.2) is 41.5 Å². The van der Waals surface area contributed by atoms with Gasteiger partial charge in [0.15, 0.2) is 0 Å². The van der Waals surface area contributed by atoms with Crippen molar-refractivity contribution in [3.63, 3.8) is 0 Å². The number of pyridine rings is 1. The van der Waals surface area contributed by atoms with Gasteiger partial charge in [0.05, 0.1) is 25.3 Å². The normalized spacial score (nSPS) is 17.0. The lowest BCUT2D eigenvalue weighted by Gasteiger charge is -2.31. The van der Waals surface area contributed by atoms with Gasteiger partial charge in [-0.3, -0.25) is 9.78 Å². The van der Waals surface area contributed by atoms with E-state index in [4.69, 9.17) is 4.74 Å². The number of benzene rings is 1. The molecular formula is C23H31N3O2. The smallest absolute Gasteiger partial charge is 0.226 e. The first kappa shape index (κ1) is 20.3. The van der Waals surface area contributed by atoms with Crippen molar-refractivity contribution in [2.45, 2.75) is 52.1 Å². The number of carbonyl (C=O) groups excluding carboxylic acids is 1. The van der Waals surface area contributed by atoms with E-state index in [1.54, 1.807) is 6.20 Å². The highest BCUT2D eigenvalue weighted by Crippen LogP contribution is 2.19. The van der Waals surface area contributed by atoms with Crippen molar-refractivity contribution in [3.05, 3.63) is 59.4 Å². The average molecular weight is 382 g/mol. The number of nitrogens with zero attached hydrogens (tertiary/aromatic N) is 2. The molecule has 5 heteroatoms. The Morgan fingerprint density at radius 3 is 2.75 bits per heavy atom. The van der Waals surface area contributed by atoms with E-state index in [0.717, 1.165) is 43.8 Å². The zero-order valence-corrected chi connectivity index (χ0v) is 17.0. The van der Waals surface area contributed by atoms with Gasteiger partial charge < -0.3 is 15.0 Å². The molecule has 2 heterocycles. The Morgan fingerprint density at radius 2 is 2.00 bits per heavy atom. The molecule has 0 saturated carbocycles. The third-order valence-corrected chi connectivity index (χ3v) is 5.14. The number of aromatic nitrogens is 1. The summed E-state index contributed by atoms with van der Waals surface area (Å²) in [5, 5.41) is 3.43. The summed E-state index contributed by atoms with van der Waals surface area (Å²) in [6, 6.07) is 12.3. The van der Waals surface area contributed by atoms with Crippen molar-refractivity contribution in [2.75, 3.05) is 19.7 Å². The van der Waals surface area contributed by atoms with Gasteiger partial charge in [0, 0.05) is 12.2 Å². The topological polar surface area (TPSA) is 54.5 Å². The molecule has 150 valence electrons. The molecular weight excluding hydrogens is 350 g/mol. The van der Waals surface area contributed by atoms with E-state index >= 15 is 0 Å². The summed E-state index contributed by atoms with van der Waals surface area (Å²) in [5.41, 5.74) is 3.27. The largest absolute Gasteiger partial charge is 0.493 e. The molecule has 1 fully saturated rings. The lowest BCUT2D eigenvalue weighted by atomic mass is 10.1. The summed E-state index contributed by atoms with van der Waals surface area (Å²) in [6.45, 7) is 7.05. The molecule has 3 rings (SSSR count). The number of ether oxygens (including phenoxy) is 1. The Balaban J connectivity index is 1.63. The lowest BCUT2D eigenvalue weighted by molar-refractivity contribution is -0.135. The number of aryl methyl sites for hydroxylation is 2. The van der Waals surface area contributed by atoms with Gasteiger partial charge in [-0.15, -0.1) is 0 Å². The maximum Gasteiger partial charge on any atom is 0.226 e. The van der Waals surface area contributed by atoms with Gasteiger partial charge in [-0.1, -0.05) is 12.1 Å². The molecule has 1 amide bonds. The number of carbonyl (C=O) groups is 1. The van der Waals surface area contributed by atoms with E-state index in [1.807, 2.05) is 35.2 Å². The van der Waals surface area contributed by atoms with E-state index in [9.17, 15) is 4.79 Å². The van der Waals surface area contributed by atoms with Crippen LogP contribution in [0.4, 0.5) is 0 Å². The van der Waals surface area contributed by atoms with Crippen LogP contribution in [0.25, 0.3) is 0 Å². The average Bonchev–Trinajstić information content (AvgIpc) is 2.95. The Kier molecular flexibility index (Phi) is 7.43. The molecule has 1 aliphatic heterocycles. The van der Waals surface area contributed by atoms with E-state index < -0.39 is 0 Å². The second kappa shape index (κ2) is 10.2. The monoisotopic (exact) mass is 381 g/mol. The highest BCUT2D eigenvalue weighted by Gasteiger charge is 2.25. The third kappa shape index (κ3) is 6.06. The second-order valence-electron chi connectivity index (χ2n) is 7.60. The molecule has 28 heavy (non-hydrogen) atoms. The zero-order chi connectivity index (χ0) is 19.8. The van der Waals surface area contributed by atoms with E-state index in [-0.39, 0.29) is 11.9 Å². The van der Waals surface area contributed by atoms with Gasteiger partial charge in [0.1, 0.15) is 5.75 Å². The summed E-state index contributed by atoms with van der Waals surface area (Å²) >= 11 is 0. The first-order chi connectivity index (χ1) is 13.6. The standard InChI is InChI=1S/C23H31N3O2/c1-18-14-19(2)16-22(15-18)28-13-9-23(27)26(17-20-6-3-4-11-25-20)21-7-5-10-24-12-8-21/h3-4,6,11,14-16,21,24H,5,7-10,12-13,17H2,1-2H3. The predicted octanol–water partition coefficient (Wildman–Crippen LogP) is 3.64. The Labute approximate surface area is 168 Å². The first-order valence-corrected chi connectivity index (χ1v) is 10.2. The number of amides is 1. The van der Waals surface area contributed by atoms with Gasteiger partial charge in [-0.2, -0.15) is 0 Å². The lowest BCUT2D eigenvalue weighted by Crippen LogP contribution is -2.41. The van der Waals surface area contributed by atoms with Gasteiger partial charge in [-0.05, 0) is 81.6 Å². The Bertz CT molecular complexity index is 735. The van der Waals surface area contributed by atoms with Crippen molar-refractivity contribution < 1.29 is 9.53 Å². The number of rotatable bonds is 7. The number of hydrogen-bond acceptors (Lipinski definition) is 4. The summed E-state index contributed by atoms with van der Waals surface area (Å²) in [6.07, 6.45) is 5.27. The van der Waals surface area contributed by atoms with E-state index in [2.05, 4.69) is 30.2 Å². The molecule has 1 aromatic carbocycles. The summed E-state index contributed by atoms with van der Waals surface area (Å²) in [5.74, 6) is 0.974. The predicted molar refractivity (Wildman–Crippen MR) is 111 cm³/mol. The molecule has 1 aromatic heterocycles. The first-order valence-electron chi connectivity index (χ1n) is 10.2. The maximum absolute atomic E-state index is 13.1. The minimum atomic E-state index is 0.141.